The summed E-state index contributed by atoms with van der Waals surface area (Å²) in [5.74, 6) is -1.31. The largest absolute Gasteiger partial charge is 0.365 e. The van der Waals surface area contributed by atoms with E-state index in [9.17, 15) is 8.78 Å². The van der Waals surface area contributed by atoms with Gasteiger partial charge in [0.25, 0.3) is 0 Å². The molecule has 7 heteroatoms. The van der Waals surface area contributed by atoms with Crippen LogP contribution in [0.25, 0.3) is 16.4 Å². The second-order valence-corrected chi connectivity index (χ2v) is 5.82. The molecular formula is C15H15F2N5. The molecule has 5 nitrogen and oxygen atoms in total. The van der Waals surface area contributed by atoms with E-state index in [1.165, 1.54) is 0 Å². The van der Waals surface area contributed by atoms with Crippen LogP contribution in [0.5, 0.6) is 0 Å². The SMILES string of the molecule is Cc1nnc2c3ccccc3c(NC3CCC(F)(F)C3)nn12. The molecule has 0 saturated heterocycles. The average Bonchev–Trinajstić information content (AvgIpc) is 3.03. The zero-order valence-corrected chi connectivity index (χ0v) is 12.1. The summed E-state index contributed by atoms with van der Waals surface area (Å²) in [6, 6.07) is 7.41. The smallest absolute Gasteiger partial charge is 0.250 e. The first kappa shape index (κ1) is 13.4. The Bertz CT molecular complexity index is 858. The van der Waals surface area contributed by atoms with E-state index in [2.05, 4.69) is 20.6 Å². The predicted molar refractivity (Wildman–Crippen MR) is 79.2 cm³/mol. The molecule has 2 heterocycles. The number of hydrogen-bond donors (Lipinski definition) is 1. The van der Waals surface area contributed by atoms with E-state index in [0.29, 0.717) is 23.7 Å². The molecular weight excluding hydrogens is 288 g/mol. The summed E-state index contributed by atoms with van der Waals surface area (Å²) in [7, 11) is 0. The van der Waals surface area contributed by atoms with Gasteiger partial charge in [-0.2, -0.15) is 4.52 Å². The lowest BCUT2D eigenvalue weighted by Gasteiger charge is -2.15. The van der Waals surface area contributed by atoms with Crippen molar-refractivity contribution < 1.29 is 8.78 Å². The molecule has 0 radical (unpaired) electrons. The molecule has 0 spiro atoms. The van der Waals surface area contributed by atoms with E-state index in [1.807, 2.05) is 31.2 Å². The summed E-state index contributed by atoms with van der Waals surface area (Å²) in [4.78, 5) is 0. The molecule has 1 N–H and O–H groups in total. The van der Waals surface area contributed by atoms with Gasteiger partial charge in [0.1, 0.15) is 0 Å². The molecule has 1 aliphatic rings. The topological polar surface area (TPSA) is 55.1 Å². The highest BCUT2D eigenvalue weighted by Crippen LogP contribution is 2.37. The predicted octanol–water partition coefficient (Wildman–Crippen LogP) is 3.19. The van der Waals surface area contributed by atoms with Crippen LogP contribution in [0.1, 0.15) is 25.1 Å². The van der Waals surface area contributed by atoms with Gasteiger partial charge in [-0.05, 0) is 13.3 Å². The lowest BCUT2D eigenvalue weighted by atomic mass is 10.1. The standard InChI is InChI=1S/C15H15F2N5/c1-9-19-20-14-12-5-3-2-4-11(12)13(21-22(9)14)18-10-6-7-15(16,17)8-10/h2-5,10H,6-8H2,1H3,(H,18,21). The normalized spacial score (nSPS) is 20.8. The maximum atomic E-state index is 13.4. The van der Waals surface area contributed by atoms with Crippen molar-refractivity contribution in [3.05, 3.63) is 30.1 Å². The van der Waals surface area contributed by atoms with E-state index in [-0.39, 0.29) is 18.9 Å². The number of aromatic nitrogens is 4. The van der Waals surface area contributed by atoms with Crippen LogP contribution in [-0.4, -0.2) is 31.8 Å². The maximum Gasteiger partial charge on any atom is 0.250 e. The molecule has 3 aromatic rings. The first-order valence-corrected chi connectivity index (χ1v) is 7.29. The molecule has 0 aliphatic heterocycles. The van der Waals surface area contributed by atoms with Gasteiger partial charge in [-0.25, -0.2) is 8.78 Å². The van der Waals surface area contributed by atoms with E-state index in [0.717, 1.165) is 10.8 Å². The zero-order valence-electron chi connectivity index (χ0n) is 12.1. The van der Waals surface area contributed by atoms with Crippen LogP contribution in [0, 0.1) is 6.92 Å². The van der Waals surface area contributed by atoms with Crippen LogP contribution in [0.4, 0.5) is 14.6 Å². The number of halogens is 2. The molecule has 0 bridgehead atoms. The second-order valence-electron chi connectivity index (χ2n) is 5.82. The van der Waals surface area contributed by atoms with Crippen molar-refractivity contribution in [3.63, 3.8) is 0 Å². The van der Waals surface area contributed by atoms with Crippen molar-refractivity contribution in [2.45, 2.75) is 38.2 Å². The Balaban J connectivity index is 1.83. The third-order valence-corrected chi connectivity index (χ3v) is 4.16. The molecule has 1 aromatic carbocycles. The van der Waals surface area contributed by atoms with Gasteiger partial charge in [0, 0.05) is 29.7 Å². The summed E-state index contributed by atoms with van der Waals surface area (Å²) in [5.41, 5.74) is 0.676. The van der Waals surface area contributed by atoms with Crippen molar-refractivity contribution in [1.82, 2.24) is 19.8 Å². The van der Waals surface area contributed by atoms with Crippen LogP contribution in [0.3, 0.4) is 0 Å². The molecule has 1 unspecified atom stereocenters. The molecule has 1 atom stereocenters. The zero-order chi connectivity index (χ0) is 15.3. The van der Waals surface area contributed by atoms with Gasteiger partial charge in [0.05, 0.1) is 0 Å². The second kappa shape index (κ2) is 4.59. The number of rotatable bonds is 2. The number of benzene rings is 1. The van der Waals surface area contributed by atoms with Gasteiger partial charge in [0.15, 0.2) is 17.3 Å². The number of nitrogens with zero attached hydrogens (tertiary/aromatic N) is 4. The molecule has 1 fully saturated rings. The third kappa shape index (κ3) is 2.08. The number of alkyl halides is 2. The van der Waals surface area contributed by atoms with E-state index in [4.69, 9.17) is 0 Å². The Hall–Kier alpha value is -2.31. The Morgan fingerprint density at radius 1 is 1.23 bits per heavy atom. The Kier molecular flexibility index (Phi) is 2.79. The van der Waals surface area contributed by atoms with E-state index < -0.39 is 5.92 Å². The van der Waals surface area contributed by atoms with Gasteiger partial charge in [0.2, 0.25) is 5.92 Å². The van der Waals surface area contributed by atoms with Crippen molar-refractivity contribution in [3.8, 4) is 0 Å². The summed E-state index contributed by atoms with van der Waals surface area (Å²) in [5, 5.41) is 17.7. The highest BCUT2D eigenvalue weighted by Gasteiger charge is 2.39. The lowest BCUT2D eigenvalue weighted by Crippen LogP contribution is -2.20. The quantitative estimate of drug-likeness (QED) is 0.790. The first-order chi connectivity index (χ1) is 10.5. The number of anilines is 1. The Labute approximate surface area is 125 Å². The molecule has 4 rings (SSSR count). The van der Waals surface area contributed by atoms with Crippen LogP contribution < -0.4 is 5.32 Å². The molecule has 0 amide bonds. The minimum Gasteiger partial charge on any atom is -0.365 e. The van der Waals surface area contributed by atoms with Crippen molar-refractivity contribution in [2.24, 2.45) is 0 Å². The van der Waals surface area contributed by atoms with Crippen LogP contribution >= 0.6 is 0 Å². The number of hydrogen-bond acceptors (Lipinski definition) is 4. The van der Waals surface area contributed by atoms with Crippen LogP contribution in [-0.2, 0) is 0 Å². The highest BCUT2D eigenvalue weighted by atomic mass is 19.3. The summed E-state index contributed by atoms with van der Waals surface area (Å²) >= 11 is 0. The molecule has 1 saturated carbocycles. The number of nitrogens with one attached hydrogen (secondary N) is 1. The fourth-order valence-electron chi connectivity index (χ4n) is 3.06. The van der Waals surface area contributed by atoms with Gasteiger partial charge >= 0.3 is 0 Å². The Morgan fingerprint density at radius 2 is 2.00 bits per heavy atom. The van der Waals surface area contributed by atoms with Crippen LogP contribution in [0.15, 0.2) is 24.3 Å². The van der Waals surface area contributed by atoms with Crippen molar-refractivity contribution >= 4 is 22.2 Å². The highest BCUT2D eigenvalue weighted by molar-refractivity contribution is 5.99. The third-order valence-electron chi connectivity index (χ3n) is 4.16. The van der Waals surface area contributed by atoms with Crippen molar-refractivity contribution in [2.75, 3.05) is 5.32 Å². The minimum atomic E-state index is -2.58. The lowest BCUT2D eigenvalue weighted by molar-refractivity contribution is 0.00852. The van der Waals surface area contributed by atoms with Crippen LogP contribution in [0.2, 0.25) is 0 Å². The number of fused-ring (bicyclic) bond motifs is 3. The summed E-state index contributed by atoms with van der Waals surface area (Å²) in [6.45, 7) is 1.81. The number of aryl methyl sites for hydroxylation is 1. The monoisotopic (exact) mass is 303 g/mol. The fourth-order valence-corrected chi connectivity index (χ4v) is 3.06. The van der Waals surface area contributed by atoms with E-state index >= 15 is 0 Å². The molecule has 22 heavy (non-hydrogen) atoms. The van der Waals surface area contributed by atoms with E-state index in [1.54, 1.807) is 4.52 Å². The first-order valence-electron chi connectivity index (χ1n) is 7.29. The Morgan fingerprint density at radius 3 is 2.73 bits per heavy atom. The molecule has 1 aliphatic carbocycles. The fraction of sp³-hybridized carbons (Fsp3) is 0.400. The van der Waals surface area contributed by atoms with Gasteiger partial charge in [-0.1, -0.05) is 24.3 Å². The summed E-state index contributed by atoms with van der Waals surface area (Å²) < 4.78 is 28.4. The molecule has 114 valence electrons. The van der Waals surface area contributed by atoms with Gasteiger partial charge in [-0.3, -0.25) is 0 Å². The summed E-state index contributed by atoms with van der Waals surface area (Å²) in [6.07, 6.45) is 0.223. The minimum absolute atomic E-state index is 0.0729. The van der Waals surface area contributed by atoms with Crippen molar-refractivity contribution in [1.29, 1.82) is 0 Å². The van der Waals surface area contributed by atoms with Gasteiger partial charge in [-0.15, -0.1) is 15.3 Å². The molecule has 2 aromatic heterocycles. The average molecular weight is 303 g/mol. The maximum absolute atomic E-state index is 13.4. The van der Waals surface area contributed by atoms with Gasteiger partial charge < -0.3 is 5.32 Å².